The van der Waals surface area contributed by atoms with Gasteiger partial charge in [0.25, 0.3) is 0 Å². The number of carbonyl (C=O) groups is 2. The predicted octanol–water partition coefficient (Wildman–Crippen LogP) is 5.97. The Labute approximate surface area is 251 Å². The van der Waals surface area contributed by atoms with Gasteiger partial charge in [-0.3, -0.25) is 13.9 Å². The molecule has 3 aromatic carbocycles. The molecule has 0 saturated heterocycles. The summed E-state index contributed by atoms with van der Waals surface area (Å²) in [6, 6.07) is 19.4. The molecule has 2 amide bonds. The highest BCUT2D eigenvalue weighted by Gasteiger charge is 2.33. The summed E-state index contributed by atoms with van der Waals surface area (Å²) in [6.07, 6.45) is 1.94. The van der Waals surface area contributed by atoms with Crippen LogP contribution in [0.5, 0.6) is 0 Å². The Morgan fingerprint density at radius 3 is 2.12 bits per heavy atom. The molecular weight excluding hydrogens is 593 g/mol. The lowest BCUT2D eigenvalue weighted by Gasteiger charge is -2.34. The lowest BCUT2D eigenvalue weighted by Crippen LogP contribution is -2.54. The largest absolute Gasteiger partial charge is 0.352 e. The van der Waals surface area contributed by atoms with E-state index in [1.54, 1.807) is 30.3 Å². The van der Waals surface area contributed by atoms with Crippen LogP contribution in [0.1, 0.15) is 31.4 Å². The van der Waals surface area contributed by atoms with E-state index in [0.717, 1.165) is 16.1 Å². The third-order valence-electron chi connectivity index (χ3n) is 6.40. The summed E-state index contributed by atoms with van der Waals surface area (Å²) < 4.78 is 26.6. The van der Waals surface area contributed by atoms with Crippen LogP contribution in [-0.4, -0.2) is 50.0 Å². The van der Waals surface area contributed by atoms with E-state index in [1.807, 2.05) is 44.2 Å². The van der Waals surface area contributed by atoms with Crippen LogP contribution < -0.4 is 9.62 Å². The first kappa shape index (κ1) is 31.7. The standard InChI is InChI=1S/C29H32Cl3N3O4S/c1-4-20(2)33-29(37)27(17-21-8-6-5-7-9-21)34(18-22-10-15-25(31)26(32)16-22)28(36)19-35(40(3,38)39)24-13-11-23(30)12-14-24/h5-16,20,27H,4,17-19H2,1-3H3,(H,33,37)/t20-,27-/m0/s1. The Kier molecular flexibility index (Phi) is 11.3. The zero-order chi connectivity index (χ0) is 29.4. The van der Waals surface area contributed by atoms with Gasteiger partial charge in [0.15, 0.2) is 0 Å². The molecule has 0 bridgehead atoms. The number of nitrogens with zero attached hydrogens (tertiary/aromatic N) is 2. The van der Waals surface area contributed by atoms with Gasteiger partial charge in [-0.15, -0.1) is 0 Å². The maximum absolute atomic E-state index is 14.0. The summed E-state index contributed by atoms with van der Waals surface area (Å²) in [5.41, 5.74) is 1.75. The van der Waals surface area contributed by atoms with Gasteiger partial charge in [0, 0.05) is 24.0 Å². The summed E-state index contributed by atoms with van der Waals surface area (Å²) in [6.45, 7) is 3.31. The summed E-state index contributed by atoms with van der Waals surface area (Å²) in [5, 5.41) is 4.06. The summed E-state index contributed by atoms with van der Waals surface area (Å²) in [5.74, 6) is -0.907. The van der Waals surface area contributed by atoms with Crippen LogP contribution in [0.25, 0.3) is 0 Å². The number of carbonyl (C=O) groups excluding carboxylic acids is 2. The van der Waals surface area contributed by atoms with Crippen LogP contribution in [0.2, 0.25) is 15.1 Å². The van der Waals surface area contributed by atoms with Gasteiger partial charge in [-0.25, -0.2) is 8.42 Å². The van der Waals surface area contributed by atoms with Crippen molar-refractivity contribution in [3.8, 4) is 0 Å². The normalized spacial score (nSPS) is 12.8. The third-order valence-corrected chi connectivity index (χ3v) is 8.53. The minimum Gasteiger partial charge on any atom is -0.352 e. The molecule has 3 aromatic rings. The Hall–Kier alpha value is -2.78. The van der Waals surface area contributed by atoms with E-state index in [0.29, 0.717) is 27.1 Å². The lowest BCUT2D eigenvalue weighted by atomic mass is 10.0. The Morgan fingerprint density at radius 1 is 0.900 bits per heavy atom. The van der Waals surface area contributed by atoms with E-state index in [9.17, 15) is 18.0 Å². The van der Waals surface area contributed by atoms with E-state index in [-0.39, 0.29) is 30.6 Å². The van der Waals surface area contributed by atoms with Gasteiger partial charge in [-0.1, -0.05) is 78.1 Å². The quantitative estimate of drug-likeness (QED) is 0.269. The number of benzene rings is 3. The fourth-order valence-electron chi connectivity index (χ4n) is 4.05. The fraction of sp³-hybridized carbons (Fsp3) is 0.310. The maximum Gasteiger partial charge on any atom is 0.244 e. The van der Waals surface area contributed by atoms with Crippen LogP contribution in [0, 0.1) is 0 Å². The van der Waals surface area contributed by atoms with Crippen molar-refractivity contribution < 1.29 is 18.0 Å². The lowest BCUT2D eigenvalue weighted by molar-refractivity contribution is -0.140. The predicted molar refractivity (Wildman–Crippen MR) is 162 cm³/mol. The summed E-state index contributed by atoms with van der Waals surface area (Å²) in [4.78, 5) is 29.1. The van der Waals surface area contributed by atoms with Gasteiger partial charge in [0.1, 0.15) is 12.6 Å². The van der Waals surface area contributed by atoms with Crippen molar-refractivity contribution in [1.29, 1.82) is 0 Å². The molecule has 0 aliphatic rings. The number of halogens is 3. The van der Waals surface area contributed by atoms with Gasteiger partial charge >= 0.3 is 0 Å². The van der Waals surface area contributed by atoms with E-state index in [2.05, 4.69) is 5.32 Å². The van der Waals surface area contributed by atoms with Crippen molar-refractivity contribution in [3.05, 3.63) is 99.0 Å². The molecule has 0 saturated carbocycles. The summed E-state index contributed by atoms with van der Waals surface area (Å²) >= 11 is 18.4. The van der Waals surface area contributed by atoms with Crippen molar-refractivity contribution in [2.45, 2.75) is 45.3 Å². The fourth-order valence-corrected chi connectivity index (χ4v) is 5.35. The molecule has 1 N–H and O–H groups in total. The Bertz CT molecular complexity index is 1420. The molecule has 2 atom stereocenters. The van der Waals surface area contributed by atoms with Crippen molar-refractivity contribution in [1.82, 2.24) is 10.2 Å². The zero-order valence-corrected chi connectivity index (χ0v) is 25.6. The molecule has 11 heteroatoms. The summed E-state index contributed by atoms with van der Waals surface area (Å²) in [7, 11) is -3.87. The number of sulfonamides is 1. The molecule has 40 heavy (non-hydrogen) atoms. The smallest absolute Gasteiger partial charge is 0.244 e. The van der Waals surface area contributed by atoms with Crippen LogP contribution in [0.4, 0.5) is 5.69 Å². The maximum atomic E-state index is 14.0. The van der Waals surface area contributed by atoms with Crippen LogP contribution in [0.15, 0.2) is 72.8 Å². The van der Waals surface area contributed by atoms with Crippen molar-refractivity contribution in [3.63, 3.8) is 0 Å². The minimum atomic E-state index is -3.87. The first-order chi connectivity index (χ1) is 18.9. The SMILES string of the molecule is CC[C@H](C)NC(=O)[C@H](Cc1ccccc1)N(Cc1ccc(Cl)c(Cl)c1)C(=O)CN(c1ccc(Cl)cc1)S(C)(=O)=O. The molecule has 0 aromatic heterocycles. The molecule has 0 fully saturated rings. The van der Waals surface area contributed by atoms with Gasteiger partial charge in [0.2, 0.25) is 21.8 Å². The van der Waals surface area contributed by atoms with Crippen molar-refractivity contribution in [2.24, 2.45) is 0 Å². The second kappa shape index (κ2) is 14.2. The van der Waals surface area contributed by atoms with Gasteiger partial charge in [0.05, 0.1) is 22.0 Å². The van der Waals surface area contributed by atoms with Crippen LogP contribution in [-0.2, 0) is 32.6 Å². The molecule has 7 nitrogen and oxygen atoms in total. The first-order valence-corrected chi connectivity index (χ1v) is 15.7. The van der Waals surface area contributed by atoms with Gasteiger partial charge in [-0.2, -0.15) is 0 Å². The molecule has 214 valence electrons. The number of hydrogen-bond acceptors (Lipinski definition) is 4. The molecule has 0 radical (unpaired) electrons. The van der Waals surface area contributed by atoms with E-state index in [4.69, 9.17) is 34.8 Å². The van der Waals surface area contributed by atoms with E-state index < -0.39 is 28.5 Å². The Balaban J connectivity index is 2.07. The van der Waals surface area contributed by atoms with Crippen molar-refractivity contribution in [2.75, 3.05) is 17.1 Å². The zero-order valence-electron chi connectivity index (χ0n) is 22.5. The van der Waals surface area contributed by atoms with Crippen LogP contribution in [0.3, 0.4) is 0 Å². The topological polar surface area (TPSA) is 86.8 Å². The average molecular weight is 625 g/mol. The van der Waals surface area contributed by atoms with Crippen LogP contribution >= 0.6 is 34.8 Å². The second-order valence-electron chi connectivity index (χ2n) is 9.54. The highest BCUT2D eigenvalue weighted by atomic mass is 35.5. The molecule has 0 aliphatic carbocycles. The molecule has 0 spiro atoms. The number of amides is 2. The molecule has 3 rings (SSSR count). The monoisotopic (exact) mass is 623 g/mol. The molecular formula is C29H32Cl3N3O4S. The average Bonchev–Trinajstić information content (AvgIpc) is 2.91. The highest BCUT2D eigenvalue weighted by Crippen LogP contribution is 2.25. The minimum absolute atomic E-state index is 0.000627. The molecule has 0 heterocycles. The highest BCUT2D eigenvalue weighted by molar-refractivity contribution is 7.92. The van der Waals surface area contributed by atoms with E-state index in [1.165, 1.54) is 17.0 Å². The second-order valence-corrected chi connectivity index (χ2v) is 12.7. The van der Waals surface area contributed by atoms with Gasteiger partial charge < -0.3 is 10.2 Å². The van der Waals surface area contributed by atoms with E-state index >= 15 is 0 Å². The van der Waals surface area contributed by atoms with Gasteiger partial charge in [-0.05, 0) is 60.9 Å². The number of nitrogens with one attached hydrogen (secondary N) is 1. The first-order valence-electron chi connectivity index (χ1n) is 12.7. The van der Waals surface area contributed by atoms with Crippen molar-refractivity contribution >= 4 is 62.3 Å². The number of anilines is 1. The molecule has 0 aliphatic heterocycles. The Morgan fingerprint density at radius 2 is 1.55 bits per heavy atom. The number of rotatable bonds is 12. The third kappa shape index (κ3) is 8.86. The number of hydrogen-bond donors (Lipinski definition) is 1. The molecule has 0 unspecified atom stereocenters.